The quantitative estimate of drug-likeness (QED) is 0.732. The molecule has 0 saturated carbocycles. The van der Waals surface area contributed by atoms with Gasteiger partial charge in [-0.05, 0) is 41.6 Å². The molecule has 0 fully saturated rings. The summed E-state index contributed by atoms with van der Waals surface area (Å²) in [6.07, 6.45) is 0.694. The molecule has 0 spiro atoms. The molecule has 0 radical (unpaired) electrons. The lowest BCUT2D eigenvalue weighted by molar-refractivity contribution is -0.116. The van der Waals surface area contributed by atoms with E-state index in [1.807, 2.05) is 56.3 Å². The van der Waals surface area contributed by atoms with Crippen molar-refractivity contribution in [2.45, 2.75) is 25.7 Å². The van der Waals surface area contributed by atoms with Crippen molar-refractivity contribution in [1.82, 2.24) is 0 Å². The van der Waals surface area contributed by atoms with E-state index in [0.29, 0.717) is 6.42 Å². The van der Waals surface area contributed by atoms with E-state index >= 15 is 0 Å². The van der Waals surface area contributed by atoms with Crippen LogP contribution in [0.25, 0.3) is 11.1 Å². The van der Waals surface area contributed by atoms with Crippen LogP contribution in [-0.4, -0.2) is 5.24 Å². The largest absolute Gasteiger partial charge is 0.280 e. The molecule has 0 saturated heterocycles. The molecule has 0 heterocycles. The van der Waals surface area contributed by atoms with Gasteiger partial charge in [-0.2, -0.15) is 0 Å². The molecule has 0 aliphatic carbocycles. The van der Waals surface area contributed by atoms with Gasteiger partial charge in [-0.25, -0.2) is 0 Å². The molecule has 2 aromatic rings. The second kappa shape index (κ2) is 5.58. The predicted molar refractivity (Wildman–Crippen MR) is 80.4 cm³/mol. The number of rotatable bonds is 4. The third kappa shape index (κ3) is 2.71. The maximum absolute atomic E-state index is 11.6. The predicted octanol–water partition coefficient (Wildman–Crippen LogP) is 4.79. The summed E-state index contributed by atoms with van der Waals surface area (Å²) in [5.74, 6) is 0. The van der Waals surface area contributed by atoms with Crippen molar-refractivity contribution in [1.29, 1.82) is 0 Å². The molecule has 0 amide bonds. The van der Waals surface area contributed by atoms with Crippen molar-refractivity contribution in [2.75, 3.05) is 0 Å². The molecule has 19 heavy (non-hydrogen) atoms. The molecule has 1 atom stereocenters. The van der Waals surface area contributed by atoms with Gasteiger partial charge in [-0.3, -0.25) is 4.79 Å². The highest BCUT2D eigenvalue weighted by Crippen LogP contribution is 2.31. The van der Waals surface area contributed by atoms with Gasteiger partial charge in [0.05, 0.1) is 5.41 Å². The Morgan fingerprint density at radius 1 is 1.00 bits per heavy atom. The smallest absolute Gasteiger partial charge is 0.231 e. The fourth-order valence-electron chi connectivity index (χ4n) is 2.12. The Kier molecular flexibility index (Phi) is 4.06. The number of hydrogen-bond acceptors (Lipinski definition) is 1. The van der Waals surface area contributed by atoms with Crippen molar-refractivity contribution in [3.63, 3.8) is 0 Å². The number of halogens is 1. The van der Waals surface area contributed by atoms with E-state index in [1.54, 1.807) is 0 Å². The molecule has 0 aromatic heterocycles. The Bertz CT molecular complexity index is 560. The minimum absolute atomic E-state index is 0.303. The van der Waals surface area contributed by atoms with Crippen LogP contribution in [0.3, 0.4) is 0 Å². The van der Waals surface area contributed by atoms with Gasteiger partial charge >= 0.3 is 0 Å². The summed E-state index contributed by atoms with van der Waals surface area (Å²) < 4.78 is 0. The van der Waals surface area contributed by atoms with Crippen LogP contribution in [0.1, 0.15) is 25.8 Å². The van der Waals surface area contributed by atoms with Crippen molar-refractivity contribution in [3.05, 3.63) is 60.2 Å². The zero-order valence-electron chi connectivity index (χ0n) is 11.2. The molecular weight excluding hydrogens is 256 g/mol. The van der Waals surface area contributed by atoms with Gasteiger partial charge in [0.25, 0.3) is 0 Å². The summed E-state index contributed by atoms with van der Waals surface area (Å²) in [7, 11) is 0. The Hall–Kier alpha value is -1.60. The molecule has 1 unspecified atom stereocenters. The normalized spacial score (nSPS) is 13.8. The van der Waals surface area contributed by atoms with Crippen molar-refractivity contribution >= 4 is 16.8 Å². The van der Waals surface area contributed by atoms with E-state index < -0.39 is 5.41 Å². The highest BCUT2D eigenvalue weighted by molar-refractivity contribution is 6.65. The maximum atomic E-state index is 11.6. The van der Waals surface area contributed by atoms with Crippen molar-refractivity contribution in [3.8, 4) is 11.1 Å². The number of benzene rings is 2. The number of carbonyl (C=O) groups excluding carboxylic acids is 1. The fraction of sp³-hybridized carbons (Fsp3) is 0.235. The topological polar surface area (TPSA) is 17.1 Å². The van der Waals surface area contributed by atoms with E-state index in [-0.39, 0.29) is 5.24 Å². The SMILES string of the molecule is CCC(C)(C(=O)Cl)c1ccc(-c2ccccc2)cc1. The van der Waals surface area contributed by atoms with E-state index in [1.165, 1.54) is 5.56 Å². The first kappa shape index (κ1) is 13.8. The highest BCUT2D eigenvalue weighted by atomic mass is 35.5. The maximum Gasteiger partial charge on any atom is 0.231 e. The lowest BCUT2D eigenvalue weighted by atomic mass is 9.81. The second-order valence-electron chi connectivity index (χ2n) is 4.90. The summed E-state index contributed by atoms with van der Waals surface area (Å²) >= 11 is 5.74. The van der Waals surface area contributed by atoms with Gasteiger partial charge in [0.2, 0.25) is 5.24 Å². The summed E-state index contributed by atoms with van der Waals surface area (Å²) in [6, 6.07) is 18.2. The molecular formula is C17H17ClO. The summed E-state index contributed by atoms with van der Waals surface area (Å²) in [4.78, 5) is 11.6. The Morgan fingerprint density at radius 3 is 2.00 bits per heavy atom. The summed E-state index contributed by atoms with van der Waals surface area (Å²) in [5.41, 5.74) is 2.68. The highest BCUT2D eigenvalue weighted by Gasteiger charge is 2.31. The van der Waals surface area contributed by atoms with Crippen LogP contribution >= 0.6 is 11.6 Å². The van der Waals surface area contributed by atoms with Crippen LogP contribution in [0.15, 0.2) is 54.6 Å². The lowest BCUT2D eigenvalue weighted by Gasteiger charge is -2.24. The first-order valence-electron chi connectivity index (χ1n) is 6.44. The van der Waals surface area contributed by atoms with Crippen LogP contribution in [0.5, 0.6) is 0 Å². The second-order valence-corrected chi connectivity index (χ2v) is 5.25. The summed E-state index contributed by atoms with van der Waals surface area (Å²) in [5, 5.41) is -0.303. The molecule has 98 valence electrons. The lowest BCUT2D eigenvalue weighted by Crippen LogP contribution is -2.27. The fourth-order valence-corrected chi connectivity index (χ4v) is 2.36. The van der Waals surface area contributed by atoms with Crippen LogP contribution in [0.2, 0.25) is 0 Å². The average molecular weight is 273 g/mol. The van der Waals surface area contributed by atoms with Crippen molar-refractivity contribution in [2.24, 2.45) is 0 Å². The average Bonchev–Trinajstić information content (AvgIpc) is 2.47. The molecule has 2 aromatic carbocycles. The van der Waals surface area contributed by atoms with Gasteiger partial charge in [0.15, 0.2) is 0 Å². The van der Waals surface area contributed by atoms with Gasteiger partial charge < -0.3 is 0 Å². The third-order valence-corrected chi connectivity index (χ3v) is 4.19. The molecule has 0 bridgehead atoms. The van der Waals surface area contributed by atoms with Gasteiger partial charge in [-0.1, -0.05) is 61.5 Å². The monoisotopic (exact) mass is 272 g/mol. The third-order valence-electron chi connectivity index (χ3n) is 3.77. The zero-order valence-corrected chi connectivity index (χ0v) is 11.9. The number of carbonyl (C=O) groups is 1. The van der Waals surface area contributed by atoms with E-state index in [9.17, 15) is 4.79 Å². The molecule has 2 heteroatoms. The van der Waals surface area contributed by atoms with Crippen LogP contribution in [0, 0.1) is 0 Å². The first-order valence-corrected chi connectivity index (χ1v) is 6.81. The van der Waals surface area contributed by atoms with Crippen LogP contribution in [-0.2, 0) is 10.2 Å². The Balaban J connectivity index is 2.36. The van der Waals surface area contributed by atoms with Gasteiger partial charge in [-0.15, -0.1) is 0 Å². The standard InChI is InChI=1S/C17H17ClO/c1-3-17(2,16(18)19)15-11-9-14(10-12-15)13-7-5-4-6-8-13/h4-12H,3H2,1-2H3. The minimum Gasteiger partial charge on any atom is -0.280 e. The van der Waals surface area contributed by atoms with Gasteiger partial charge in [0.1, 0.15) is 0 Å². The molecule has 0 N–H and O–H groups in total. The van der Waals surface area contributed by atoms with Gasteiger partial charge in [0, 0.05) is 0 Å². The Labute approximate surface area is 119 Å². The molecule has 0 aliphatic heterocycles. The van der Waals surface area contributed by atoms with E-state index in [0.717, 1.165) is 11.1 Å². The van der Waals surface area contributed by atoms with Crippen molar-refractivity contribution < 1.29 is 4.79 Å². The molecule has 2 rings (SSSR count). The zero-order chi connectivity index (χ0) is 13.9. The summed E-state index contributed by atoms with van der Waals surface area (Å²) in [6.45, 7) is 3.87. The number of hydrogen-bond donors (Lipinski definition) is 0. The van der Waals surface area contributed by atoms with E-state index in [4.69, 9.17) is 11.6 Å². The Morgan fingerprint density at radius 2 is 1.53 bits per heavy atom. The molecule has 1 nitrogen and oxygen atoms in total. The van der Waals surface area contributed by atoms with Crippen LogP contribution < -0.4 is 0 Å². The minimum atomic E-state index is -0.600. The first-order chi connectivity index (χ1) is 9.08. The van der Waals surface area contributed by atoms with E-state index in [2.05, 4.69) is 12.1 Å². The van der Waals surface area contributed by atoms with Crippen LogP contribution in [0.4, 0.5) is 0 Å². The molecule has 0 aliphatic rings.